The van der Waals surface area contributed by atoms with E-state index in [9.17, 15) is 9.59 Å². The van der Waals surface area contributed by atoms with E-state index in [4.69, 9.17) is 14.2 Å². The molecule has 0 aliphatic carbocycles. The van der Waals surface area contributed by atoms with Crippen molar-refractivity contribution in [1.82, 2.24) is 10.2 Å². The molecule has 2 rings (SSSR count). The predicted molar refractivity (Wildman–Crippen MR) is 129 cm³/mol. The Morgan fingerprint density at radius 3 is 2.00 bits per heavy atom. The van der Waals surface area contributed by atoms with Gasteiger partial charge < -0.3 is 24.4 Å². The van der Waals surface area contributed by atoms with Gasteiger partial charge in [-0.15, -0.1) is 0 Å². The third-order valence-corrected chi connectivity index (χ3v) is 5.04. The Labute approximate surface area is 197 Å². The summed E-state index contributed by atoms with van der Waals surface area (Å²) in [6.45, 7) is 9.75. The van der Waals surface area contributed by atoms with Gasteiger partial charge in [0.1, 0.15) is 23.3 Å². The van der Waals surface area contributed by atoms with Gasteiger partial charge in [-0.05, 0) is 39.7 Å². The van der Waals surface area contributed by atoms with Gasteiger partial charge in [-0.2, -0.15) is 0 Å². The molecule has 1 N–H and O–H groups in total. The van der Waals surface area contributed by atoms with Crippen LogP contribution in [0.5, 0.6) is 17.2 Å². The first-order valence-electron chi connectivity index (χ1n) is 11.1. The lowest BCUT2D eigenvalue weighted by molar-refractivity contribution is -0.143. The van der Waals surface area contributed by atoms with E-state index in [1.54, 1.807) is 37.3 Å². The van der Waals surface area contributed by atoms with Gasteiger partial charge >= 0.3 is 0 Å². The highest BCUT2D eigenvalue weighted by molar-refractivity contribution is 5.88. The van der Waals surface area contributed by atoms with Gasteiger partial charge in [0, 0.05) is 30.3 Å². The van der Waals surface area contributed by atoms with Crippen molar-refractivity contribution in [1.29, 1.82) is 0 Å². The Morgan fingerprint density at radius 2 is 1.52 bits per heavy atom. The maximum absolute atomic E-state index is 13.3. The third kappa shape index (κ3) is 8.00. The van der Waals surface area contributed by atoms with Crippen molar-refractivity contribution >= 4 is 11.8 Å². The van der Waals surface area contributed by atoms with Crippen molar-refractivity contribution in [3.05, 3.63) is 53.6 Å². The number of methoxy groups -OCH3 is 2. The fourth-order valence-electron chi connectivity index (χ4n) is 3.36. The average molecular weight is 457 g/mol. The SMILES string of the molecule is CC[C@H](C(=O)NC(C)(C)C)N(Cc1ccc(C)cc1)C(=O)COc1cc(OC)cc(OC)c1. The fourth-order valence-corrected chi connectivity index (χ4v) is 3.36. The zero-order valence-corrected chi connectivity index (χ0v) is 20.7. The van der Waals surface area contributed by atoms with Gasteiger partial charge in [0.15, 0.2) is 6.61 Å². The summed E-state index contributed by atoms with van der Waals surface area (Å²) in [5.41, 5.74) is 1.67. The summed E-state index contributed by atoms with van der Waals surface area (Å²) in [6, 6.07) is 12.4. The largest absolute Gasteiger partial charge is 0.496 e. The first-order valence-corrected chi connectivity index (χ1v) is 11.1. The highest BCUT2D eigenvalue weighted by atomic mass is 16.5. The summed E-state index contributed by atoms with van der Waals surface area (Å²) in [7, 11) is 3.10. The van der Waals surface area contributed by atoms with Crippen LogP contribution >= 0.6 is 0 Å². The van der Waals surface area contributed by atoms with E-state index in [0.717, 1.165) is 11.1 Å². The number of rotatable bonds is 10. The number of aryl methyl sites for hydroxylation is 1. The highest BCUT2D eigenvalue weighted by Crippen LogP contribution is 2.27. The molecule has 33 heavy (non-hydrogen) atoms. The van der Waals surface area contributed by atoms with Crippen LogP contribution in [0.2, 0.25) is 0 Å². The molecule has 0 bridgehead atoms. The number of ether oxygens (including phenoxy) is 3. The summed E-state index contributed by atoms with van der Waals surface area (Å²) < 4.78 is 16.3. The Balaban J connectivity index is 2.26. The number of benzene rings is 2. The van der Waals surface area contributed by atoms with Gasteiger partial charge in [0.05, 0.1) is 14.2 Å². The van der Waals surface area contributed by atoms with Crippen molar-refractivity contribution in [2.75, 3.05) is 20.8 Å². The Morgan fingerprint density at radius 1 is 0.970 bits per heavy atom. The number of carbonyl (C=O) groups is 2. The molecular formula is C26H36N2O5. The Hall–Kier alpha value is -3.22. The fraction of sp³-hybridized carbons (Fsp3) is 0.462. The molecule has 7 heteroatoms. The van der Waals surface area contributed by atoms with Crippen LogP contribution in [0.4, 0.5) is 0 Å². The minimum Gasteiger partial charge on any atom is -0.496 e. The van der Waals surface area contributed by atoms with Gasteiger partial charge in [0.2, 0.25) is 5.91 Å². The normalized spacial score (nSPS) is 12.0. The van der Waals surface area contributed by atoms with Crippen molar-refractivity contribution in [3.63, 3.8) is 0 Å². The van der Waals surface area contributed by atoms with Crippen LogP contribution in [0.15, 0.2) is 42.5 Å². The summed E-state index contributed by atoms with van der Waals surface area (Å²) in [5.74, 6) is 1.09. The van der Waals surface area contributed by atoms with Crippen LogP contribution in [-0.2, 0) is 16.1 Å². The van der Waals surface area contributed by atoms with E-state index in [2.05, 4.69) is 5.32 Å². The summed E-state index contributed by atoms with van der Waals surface area (Å²) in [5, 5.41) is 3.00. The third-order valence-electron chi connectivity index (χ3n) is 5.04. The lowest BCUT2D eigenvalue weighted by atomic mass is 10.1. The standard InChI is InChI=1S/C26H36N2O5/c1-8-23(25(30)27-26(3,4)5)28(16-19-11-9-18(2)10-12-19)24(29)17-33-22-14-20(31-6)13-21(15-22)32-7/h9-15,23H,8,16-17H2,1-7H3,(H,27,30)/t23-/m1/s1. The van der Waals surface area contributed by atoms with Crippen LogP contribution in [-0.4, -0.2) is 49.1 Å². The Kier molecular flexibility index (Phi) is 9.14. The maximum Gasteiger partial charge on any atom is 0.261 e. The molecule has 2 aromatic carbocycles. The van der Waals surface area contributed by atoms with Gasteiger partial charge in [-0.25, -0.2) is 0 Å². The number of amides is 2. The first kappa shape index (κ1) is 26.0. The predicted octanol–water partition coefficient (Wildman–Crippen LogP) is 4.11. The van der Waals surface area contributed by atoms with Crippen molar-refractivity contribution in [3.8, 4) is 17.2 Å². The topological polar surface area (TPSA) is 77.1 Å². The lowest BCUT2D eigenvalue weighted by Gasteiger charge is -2.33. The molecule has 0 saturated carbocycles. The van der Waals surface area contributed by atoms with E-state index in [-0.39, 0.29) is 18.4 Å². The molecule has 0 saturated heterocycles. The van der Waals surface area contributed by atoms with E-state index >= 15 is 0 Å². The number of nitrogens with one attached hydrogen (secondary N) is 1. The van der Waals surface area contributed by atoms with Crippen LogP contribution in [0.25, 0.3) is 0 Å². The second-order valence-corrected chi connectivity index (χ2v) is 9.01. The molecule has 0 aromatic heterocycles. The molecule has 0 radical (unpaired) electrons. The molecule has 1 atom stereocenters. The lowest BCUT2D eigenvalue weighted by Crippen LogP contribution is -2.54. The quantitative estimate of drug-likeness (QED) is 0.582. The van der Waals surface area contributed by atoms with E-state index in [1.165, 1.54) is 0 Å². The smallest absolute Gasteiger partial charge is 0.261 e. The highest BCUT2D eigenvalue weighted by Gasteiger charge is 2.31. The number of hydrogen-bond donors (Lipinski definition) is 1. The van der Waals surface area contributed by atoms with Crippen LogP contribution in [0.1, 0.15) is 45.2 Å². The van der Waals surface area contributed by atoms with Crippen LogP contribution in [0.3, 0.4) is 0 Å². The summed E-state index contributed by atoms with van der Waals surface area (Å²) in [6.07, 6.45) is 0.479. The minimum atomic E-state index is -0.624. The molecule has 0 aliphatic heterocycles. The van der Waals surface area contributed by atoms with E-state index in [1.807, 2.05) is 58.9 Å². The molecule has 0 spiro atoms. The van der Waals surface area contributed by atoms with Crippen molar-refractivity contribution < 1.29 is 23.8 Å². The van der Waals surface area contributed by atoms with Crippen LogP contribution in [0, 0.1) is 6.92 Å². The molecule has 0 fully saturated rings. The molecule has 2 aromatic rings. The summed E-state index contributed by atoms with van der Waals surface area (Å²) in [4.78, 5) is 28.0. The van der Waals surface area contributed by atoms with Crippen molar-refractivity contribution in [2.24, 2.45) is 0 Å². The zero-order chi connectivity index (χ0) is 24.6. The van der Waals surface area contributed by atoms with Crippen molar-refractivity contribution in [2.45, 2.75) is 59.2 Å². The average Bonchev–Trinajstić information content (AvgIpc) is 2.77. The van der Waals surface area contributed by atoms with E-state index in [0.29, 0.717) is 30.2 Å². The molecule has 180 valence electrons. The second-order valence-electron chi connectivity index (χ2n) is 9.01. The first-order chi connectivity index (χ1) is 15.6. The van der Waals surface area contributed by atoms with E-state index < -0.39 is 11.6 Å². The molecule has 2 amide bonds. The second kappa shape index (κ2) is 11.6. The molecule has 0 heterocycles. The Bertz CT molecular complexity index is 912. The molecule has 0 unspecified atom stereocenters. The molecule has 0 aliphatic rings. The van der Waals surface area contributed by atoms with Gasteiger partial charge in [-0.1, -0.05) is 36.8 Å². The van der Waals surface area contributed by atoms with Gasteiger partial charge in [-0.3, -0.25) is 9.59 Å². The maximum atomic E-state index is 13.3. The number of carbonyl (C=O) groups excluding carboxylic acids is 2. The monoisotopic (exact) mass is 456 g/mol. The zero-order valence-electron chi connectivity index (χ0n) is 20.7. The molecule has 7 nitrogen and oxygen atoms in total. The number of hydrogen-bond acceptors (Lipinski definition) is 5. The molecular weight excluding hydrogens is 420 g/mol. The minimum absolute atomic E-state index is 0.187. The van der Waals surface area contributed by atoms with Crippen LogP contribution < -0.4 is 19.5 Å². The van der Waals surface area contributed by atoms with Gasteiger partial charge in [0.25, 0.3) is 5.91 Å². The number of nitrogens with zero attached hydrogens (tertiary/aromatic N) is 1. The summed E-state index contributed by atoms with van der Waals surface area (Å²) >= 11 is 0.